The Balaban J connectivity index is 2.08. The minimum absolute atomic E-state index is 0.0560. The highest BCUT2D eigenvalue weighted by Gasteiger charge is 2.43. The van der Waals surface area contributed by atoms with Gasteiger partial charge in [-0.05, 0) is 11.5 Å². The number of nitrogens with zero attached hydrogens (tertiary/aromatic N) is 1. The van der Waals surface area contributed by atoms with Crippen LogP contribution in [0.2, 0.25) is 0 Å². The number of likely N-dealkylation sites (tertiary alicyclic amines) is 1. The summed E-state index contributed by atoms with van der Waals surface area (Å²) in [5, 5.41) is 2.46. The third kappa shape index (κ3) is 5.29. The Morgan fingerprint density at radius 2 is 1.89 bits per heavy atom. The summed E-state index contributed by atoms with van der Waals surface area (Å²) in [6, 6.07) is 7.22. The van der Waals surface area contributed by atoms with Gasteiger partial charge in [-0.1, -0.05) is 44.2 Å². The maximum Gasteiger partial charge on any atom is 0.407 e. The van der Waals surface area contributed by atoms with Crippen LogP contribution in [0.3, 0.4) is 0 Å². The van der Waals surface area contributed by atoms with Crippen LogP contribution in [0.4, 0.5) is 4.79 Å². The molecule has 8 nitrogen and oxygen atoms in total. The van der Waals surface area contributed by atoms with E-state index in [2.05, 4.69) is 10.1 Å². The van der Waals surface area contributed by atoms with Crippen molar-refractivity contribution in [2.24, 2.45) is 5.92 Å². The van der Waals surface area contributed by atoms with Crippen molar-refractivity contribution in [3.05, 3.63) is 35.9 Å². The summed E-state index contributed by atoms with van der Waals surface area (Å²) in [4.78, 5) is 49.9. The van der Waals surface area contributed by atoms with Gasteiger partial charge in [-0.2, -0.15) is 0 Å². The molecule has 1 N–H and O–H groups in total. The molecule has 2 amide bonds. The predicted molar refractivity (Wildman–Crippen MR) is 95.5 cm³/mol. The lowest BCUT2D eigenvalue weighted by molar-refractivity contribution is -0.155. The van der Waals surface area contributed by atoms with Crippen LogP contribution in [-0.2, 0) is 30.5 Å². The standard InChI is InChI=1S/C19H24N2O6/c1-12(2)16(20-19(25)26-3)17(23)21-10-14(22)9-15(21)18(24)27-11-13-7-5-4-6-8-13/h4-8,12,15-16H,9-11H2,1-3H3,(H,20,25)/t15-,16?/m0/s1. The van der Waals surface area contributed by atoms with Gasteiger partial charge in [0.15, 0.2) is 5.78 Å². The van der Waals surface area contributed by atoms with Gasteiger partial charge in [-0.15, -0.1) is 0 Å². The van der Waals surface area contributed by atoms with Gasteiger partial charge in [-0.25, -0.2) is 9.59 Å². The average Bonchev–Trinajstić information content (AvgIpc) is 3.05. The number of esters is 1. The van der Waals surface area contributed by atoms with Crippen molar-refractivity contribution in [2.45, 2.75) is 39.0 Å². The van der Waals surface area contributed by atoms with Crippen LogP contribution in [0.15, 0.2) is 30.3 Å². The molecule has 1 saturated heterocycles. The Labute approximate surface area is 157 Å². The first-order valence-corrected chi connectivity index (χ1v) is 8.70. The largest absolute Gasteiger partial charge is 0.459 e. The van der Waals surface area contributed by atoms with Crippen LogP contribution < -0.4 is 5.32 Å². The summed E-state index contributed by atoms with van der Waals surface area (Å²) < 4.78 is 9.83. The number of hydrogen-bond donors (Lipinski definition) is 1. The zero-order valence-corrected chi connectivity index (χ0v) is 15.6. The van der Waals surface area contributed by atoms with E-state index in [1.54, 1.807) is 13.8 Å². The Morgan fingerprint density at radius 1 is 1.22 bits per heavy atom. The minimum Gasteiger partial charge on any atom is -0.459 e. The van der Waals surface area contributed by atoms with E-state index in [1.807, 2.05) is 30.3 Å². The molecule has 146 valence electrons. The lowest BCUT2D eigenvalue weighted by Gasteiger charge is -2.29. The molecular formula is C19H24N2O6. The fraction of sp³-hybridized carbons (Fsp3) is 0.474. The van der Waals surface area contributed by atoms with Crippen molar-refractivity contribution in [1.82, 2.24) is 10.2 Å². The van der Waals surface area contributed by atoms with Crippen molar-refractivity contribution in [1.29, 1.82) is 0 Å². The predicted octanol–water partition coefficient (Wildman–Crippen LogP) is 1.28. The molecule has 1 aromatic rings. The SMILES string of the molecule is COC(=O)NC(C(=O)N1CC(=O)C[C@H]1C(=O)OCc1ccccc1)C(C)C. The number of nitrogens with one attached hydrogen (secondary N) is 1. The molecule has 0 bridgehead atoms. The van der Waals surface area contributed by atoms with E-state index >= 15 is 0 Å². The Bertz CT molecular complexity index is 703. The number of ether oxygens (including phenoxy) is 2. The van der Waals surface area contributed by atoms with Gasteiger partial charge in [0, 0.05) is 6.42 Å². The number of amides is 2. The van der Waals surface area contributed by atoms with Crippen LogP contribution in [0.25, 0.3) is 0 Å². The smallest absolute Gasteiger partial charge is 0.407 e. The maximum absolute atomic E-state index is 12.9. The highest BCUT2D eigenvalue weighted by atomic mass is 16.5. The van der Waals surface area contributed by atoms with E-state index in [1.165, 1.54) is 12.0 Å². The fourth-order valence-corrected chi connectivity index (χ4v) is 2.84. The summed E-state index contributed by atoms with van der Waals surface area (Å²) in [5.41, 5.74) is 0.806. The number of Topliss-reactive ketones (excluding diaryl/α,β-unsaturated/α-hetero) is 1. The van der Waals surface area contributed by atoms with Crippen LogP contribution in [0.1, 0.15) is 25.8 Å². The molecule has 0 aromatic heterocycles. The highest BCUT2D eigenvalue weighted by Crippen LogP contribution is 2.20. The van der Waals surface area contributed by atoms with E-state index in [0.717, 1.165) is 5.56 Å². The number of methoxy groups -OCH3 is 1. The Hall–Kier alpha value is -2.90. The lowest BCUT2D eigenvalue weighted by Crippen LogP contribution is -2.54. The third-order valence-corrected chi connectivity index (χ3v) is 4.31. The molecule has 0 spiro atoms. The summed E-state index contributed by atoms with van der Waals surface area (Å²) in [5.74, 6) is -1.64. The van der Waals surface area contributed by atoms with Gasteiger partial charge in [0.2, 0.25) is 5.91 Å². The summed E-state index contributed by atoms with van der Waals surface area (Å²) in [6.45, 7) is 3.37. The molecule has 8 heteroatoms. The van der Waals surface area contributed by atoms with Gasteiger partial charge in [0.05, 0.1) is 13.7 Å². The van der Waals surface area contributed by atoms with E-state index in [-0.39, 0.29) is 31.3 Å². The topological polar surface area (TPSA) is 102 Å². The lowest BCUT2D eigenvalue weighted by atomic mass is 10.0. The van der Waals surface area contributed by atoms with Crippen molar-refractivity contribution >= 4 is 23.8 Å². The number of alkyl carbamates (subject to hydrolysis) is 1. The molecule has 0 aliphatic carbocycles. The molecule has 1 aromatic carbocycles. The molecule has 1 fully saturated rings. The van der Waals surface area contributed by atoms with Crippen molar-refractivity contribution in [3.8, 4) is 0 Å². The second-order valence-electron chi connectivity index (χ2n) is 6.68. The van der Waals surface area contributed by atoms with Gasteiger partial charge in [-0.3, -0.25) is 9.59 Å². The first-order valence-electron chi connectivity index (χ1n) is 8.70. The molecule has 1 unspecified atom stereocenters. The summed E-state index contributed by atoms with van der Waals surface area (Å²) in [7, 11) is 1.19. The van der Waals surface area contributed by atoms with Crippen LogP contribution in [-0.4, -0.2) is 54.4 Å². The number of carbonyl (C=O) groups excluding carboxylic acids is 4. The number of carbonyl (C=O) groups is 4. The Morgan fingerprint density at radius 3 is 2.48 bits per heavy atom. The molecule has 1 heterocycles. The van der Waals surface area contributed by atoms with E-state index in [9.17, 15) is 19.2 Å². The first-order chi connectivity index (χ1) is 12.8. The van der Waals surface area contributed by atoms with E-state index < -0.39 is 30.1 Å². The van der Waals surface area contributed by atoms with Crippen molar-refractivity contribution < 1.29 is 28.7 Å². The van der Waals surface area contributed by atoms with Gasteiger partial charge >= 0.3 is 12.1 Å². The number of rotatable bonds is 6. The quantitative estimate of drug-likeness (QED) is 0.751. The van der Waals surface area contributed by atoms with Crippen molar-refractivity contribution in [2.75, 3.05) is 13.7 Å². The van der Waals surface area contributed by atoms with Gasteiger partial charge in [0.1, 0.15) is 18.7 Å². The van der Waals surface area contributed by atoms with Crippen LogP contribution in [0.5, 0.6) is 0 Å². The average molecular weight is 376 g/mol. The monoisotopic (exact) mass is 376 g/mol. The zero-order chi connectivity index (χ0) is 20.0. The number of ketones is 1. The Kier molecular flexibility index (Phi) is 6.92. The summed E-state index contributed by atoms with van der Waals surface area (Å²) in [6.07, 6.45) is -0.849. The molecule has 27 heavy (non-hydrogen) atoms. The van der Waals surface area contributed by atoms with Gasteiger partial charge in [0.25, 0.3) is 0 Å². The molecule has 0 radical (unpaired) electrons. The minimum atomic E-state index is -0.991. The second-order valence-corrected chi connectivity index (χ2v) is 6.68. The molecular weight excluding hydrogens is 352 g/mol. The van der Waals surface area contributed by atoms with E-state index in [0.29, 0.717) is 0 Å². The number of hydrogen-bond acceptors (Lipinski definition) is 6. The first kappa shape index (κ1) is 20.4. The van der Waals surface area contributed by atoms with Crippen molar-refractivity contribution in [3.63, 3.8) is 0 Å². The molecule has 1 aliphatic rings. The molecule has 1 aliphatic heterocycles. The highest BCUT2D eigenvalue weighted by molar-refractivity contribution is 5.99. The van der Waals surface area contributed by atoms with Crippen LogP contribution in [0, 0.1) is 5.92 Å². The summed E-state index contributed by atoms with van der Waals surface area (Å²) >= 11 is 0. The molecule has 2 atom stereocenters. The van der Waals surface area contributed by atoms with E-state index in [4.69, 9.17) is 4.74 Å². The number of benzene rings is 1. The fourth-order valence-electron chi connectivity index (χ4n) is 2.84. The van der Waals surface area contributed by atoms with Crippen LogP contribution >= 0.6 is 0 Å². The second kappa shape index (κ2) is 9.16. The zero-order valence-electron chi connectivity index (χ0n) is 15.6. The normalized spacial score (nSPS) is 17.6. The third-order valence-electron chi connectivity index (χ3n) is 4.31. The van der Waals surface area contributed by atoms with Gasteiger partial charge < -0.3 is 19.7 Å². The molecule has 2 rings (SSSR count). The maximum atomic E-state index is 12.9. The molecule has 0 saturated carbocycles.